The lowest BCUT2D eigenvalue weighted by Gasteiger charge is -2.04. The van der Waals surface area contributed by atoms with Gasteiger partial charge in [0.05, 0.1) is 6.26 Å². The minimum absolute atomic E-state index is 0.0136. The lowest BCUT2D eigenvalue weighted by atomic mass is 10.4. The number of hydrogen-bond acceptors (Lipinski definition) is 4. The number of rotatable bonds is 3. The van der Waals surface area contributed by atoms with E-state index < -0.39 is 10.1 Å². The van der Waals surface area contributed by atoms with Crippen molar-refractivity contribution in [3.05, 3.63) is 0 Å². The molecule has 0 unspecified atom stereocenters. The van der Waals surface area contributed by atoms with E-state index >= 15 is 0 Å². The summed E-state index contributed by atoms with van der Waals surface area (Å²) in [7, 11) is -3.33. The van der Waals surface area contributed by atoms with Gasteiger partial charge in [0.25, 0.3) is 10.1 Å². The van der Waals surface area contributed by atoms with Crippen LogP contribution in [0, 0.1) is 0 Å². The number of hydrogen-bond donors (Lipinski definition) is 1. The minimum atomic E-state index is -3.33. The first kappa shape index (κ1) is 8.87. The van der Waals surface area contributed by atoms with Gasteiger partial charge in [0.1, 0.15) is 0 Å². The molecule has 0 rings (SSSR count). The fourth-order valence-electron chi connectivity index (χ4n) is 0.184. The Morgan fingerprint density at radius 2 is 1.89 bits per heavy atom. The van der Waals surface area contributed by atoms with E-state index in [1.165, 1.54) is 0 Å². The van der Waals surface area contributed by atoms with Crippen LogP contribution in [0.3, 0.4) is 0 Å². The van der Waals surface area contributed by atoms with E-state index in [-0.39, 0.29) is 6.04 Å². The Bertz CT molecular complexity index is 161. The number of hydroxylamine groups is 1. The summed E-state index contributed by atoms with van der Waals surface area (Å²) < 4.78 is 24.7. The molecule has 0 aromatic heterocycles. The van der Waals surface area contributed by atoms with E-state index in [9.17, 15) is 8.42 Å². The summed E-state index contributed by atoms with van der Waals surface area (Å²) >= 11 is 0. The van der Waals surface area contributed by atoms with Gasteiger partial charge in [0.15, 0.2) is 0 Å². The highest BCUT2D eigenvalue weighted by Gasteiger charge is 2.01. The van der Waals surface area contributed by atoms with Gasteiger partial charge in [-0.1, -0.05) is 0 Å². The van der Waals surface area contributed by atoms with Crippen molar-refractivity contribution in [1.29, 1.82) is 0 Å². The van der Waals surface area contributed by atoms with Crippen molar-refractivity contribution >= 4 is 10.1 Å². The predicted octanol–water partition coefficient (Wildman–Crippen LogP) is -0.124. The molecule has 0 atom stereocenters. The second-order valence-corrected chi connectivity index (χ2v) is 3.63. The average molecular weight is 153 g/mol. The Morgan fingerprint density at radius 1 is 1.44 bits per heavy atom. The van der Waals surface area contributed by atoms with Crippen molar-refractivity contribution < 1.29 is 12.7 Å². The zero-order valence-corrected chi connectivity index (χ0v) is 6.53. The molecule has 0 spiro atoms. The second-order valence-electron chi connectivity index (χ2n) is 2.06. The molecule has 0 saturated carbocycles. The molecule has 0 aromatic carbocycles. The highest BCUT2D eigenvalue weighted by molar-refractivity contribution is 7.85. The third-order valence-electron chi connectivity index (χ3n) is 0.435. The van der Waals surface area contributed by atoms with Gasteiger partial charge in [-0.3, -0.25) is 0 Å². The third-order valence-corrected chi connectivity index (χ3v) is 0.834. The third kappa shape index (κ3) is 7.87. The van der Waals surface area contributed by atoms with Crippen LogP contribution in [-0.4, -0.2) is 20.7 Å². The molecule has 0 fully saturated rings. The van der Waals surface area contributed by atoms with Crippen molar-refractivity contribution in [1.82, 2.24) is 5.48 Å². The Morgan fingerprint density at radius 3 is 2.00 bits per heavy atom. The molecule has 56 valence electrons. The van der Waals surface area contributed by atoms with Crippen molar-refractivity contribution in [3.63, 3.8) is 0 Å². The highest BCUT2D eigenvalue weighted by Crippen LogP contribution is 1.83. The van der Waals surface area contributed by atoms with Gasteiger partial charge in [-0.05, 0) is 13.8 Å². The van der Waals surface area contributed by atoms with Crippen LogP contribution in [-0.2, 0) is 14.4 Å². The Labute approximate surface area is 55.3 Å². The molecule has 0 radical (unpaired) electrons. The first-order valence-electron chi connectivity index (χ1n) is 2.56. The molecular weight excluding hydrogens is 142 g/mol. The van der Waals surface area contributed by atoms with Crippen LogP contribution in [0.1, 0.15) is 13.8 Å². The molecule has 0 aliphatic rings. The molecule has 9 heavy (non-hydrogen) atoms. The summed E-state index contributed by atoms with van der Waals surface area (Å²) in [4.78, 5) is 0. The fourth-order valence-corrected chi connectivity index (χ4v) is 0.551. The summed E-state index contributed by atoms with van der Waals surface area (Å²) in [6, 6.07) is 0.0136. The summed E-state index contributed by atoms with van der Waals surface area (Å²) in [5.41, 5.74) is 2.30. The van der Waals surface area contributed by atoms with Gasteiger partial charge < -0.3 is 0 Å². The molecule has 0 amide bonds. The molecule has 0 heterocycles. The lowest BCUT2D eigenvalue weighted by Crippen LogP contribution is -2.25. The maximum atomic E-state index is 10.3. The maximum absolute atomic E-state index is 10.3. The van der Waals surface area contributed by atoms with Crippen molar-refractivity contribution in [2.45, 2.75) is 19.9 Å². The average Bonchev–Trinajstić information content (AvgIpc) is 1.59. The molecule has 5 heteroatoms. The van der Waals surface area contributed by atoms with E-state index in [2.05, 4.69) is 9.76 Å². The SMILES string of the molecule is CC(C)NOS(C)(=O)=O. The van der Waals surface area contributed by atoms with Gasteiger partial charge in [-0.25, -0.2) is 0 Å². The zero-order chi connectivity index (χ0) is 7.49. The van der Waals surface area contributed by atoms with Crippen LogP contribution in [0.4, 0.5) is 0 Å². The van der Waals surface area contributed by atoms with Crippen LogP contribution >= 0.6 is 0 Å². The van der Waals surface area contributed by atoms with E-state index in [4.69, 9.17) is 0 Å². The predicted molar refractivity (Wildman–Crippen MR) is 34.2 cm³/mol. The quantitative estimate of drug-likeness (QED) is 0.574. The first-order chi connectivity index (χ1) is 3.92. The number of nitrogens with one attached hydrogen (secondary N) is 1. The van der Waals surface area contributed by atoms with Crippen molar-refractivity contribution in [3.8, 4) is 0 Å². The fraction of sp³-hybridized carbons (Fsp3) is 1.00. The monoisotopic (exact) mass is 153 g/mol. The Hall–Kier alpha value is -0.130. The largest absolute Gasteiger partial charge is 0.280 e. The molecule has 0 bridgehead atoms. The second kappa shape index (κ2) is 3.14. The van der Waals surface area contributed by atoms with Crippen LogP contribution in [0.5, 0.6) is 0 Å². The van der Waals surface area contributed by atoms with E-state index in [1.807, 2.05) is 0 Å². The van der Waals surface area contributed by atoms with Gasteiger partial charge in [0.2, 0.25) is 0 Å². The van der Waals surface area contributed by atoms with E-state index in [0.29, 0.717) is 0 Å². The lowest BCUT2D eigenvalue weighted by molar-refractivity contribution is 0.179. The molecule has 0 aliphatic heterocycles. The van der Waals surface area contributed by atoms with Crippen LogP contribution < -0.4 is 5.48 Å². The minimum Gasteiger partial charge on any atom is -0.198 e. The Kier molecular flexibility index (Phi) is 3.10. The molecule has 0 aliphatic carbocycles. The normalized spacial score (nSPS) is 12.4. The smallest absolute Gasteiger partial charge is 0.198 e. The van der Waals surface area contributed by atoms with Crippen molar-refractivity contribution in [2.24, 2.45) is 0 Å². The summed E-state index contributed by atoms with van der Waals surface area (Å²) in [5.74, 6) is 0. The van der Waals surface area contributed by atoms with E-state index in [0.717, 1.165) is 6.26 Å². The molecular formula is C4H11NO3S. The summed E-state index contributed by atoms with van der Waals surface area (Å²) in [5, 5.41) is 0. The highest BCUT2D eigenvalue weighted by atomic mass is 32.2. The summed E-state index contributed by atoms with van der Waals surface area (Å²) in [6.07, 6.45) is 0.988. The van der Waals surface area contributed by atoms with Gasteiger partial charge >= 0.3 is 0 Å². The first-order valence-corrected chi connectivity index (χ1v) is 4.37. The van der Waals surface area contributed by atoms with Crippen molar-refractivity contribution in [2.75, 3.05) is 6.26 Å². The van der Waals surface area contributed by atoms with E-state index in [1.54, 1.807) is 13.8 Å². The van der Waals surface area contributed by atoms with Gasteiger partial charge in [-0.2, -0.15) is 18.2 Å². The zero-order valence-electron chi connectivity index (χ0n) is 5.71. The van der Waals surface area contributed by atoms with Crippen LogP contribution in [0.15, 0.2) is 0 Å². The standard InChI is InChI=1S/C4H11NO3S/c1-4(2)5-8-9(3,6)7/h4-5H,1-3H3. The Balaban J connectivity index is 3.53. The van der Waals surface area contributed by atoms with Gasteiger partial charge in [0, 0.05) is 6.04 Å². The van der Waals surface area contributed by atoms with Crippen LogP contribution in [0.2, 0.25) is 0 Å². The molecule has 1 N–H and O–H groups in total. The topological polar surface area (TPSA) is 55.4 Å². The molecule has 4 nitrogen and oxygen atoms in total. The molecule has 0 aromatic rings. The van der Waals surface area contributed by atoms with Gasteiger partial charge in [-0.15, -0.1) is 0 Å². The van der Waals surface area contributed by atoms with Crippen LogP contribution in [0.25, 0.3) is 0 Å². The maximum Gasteiger partial charge on any atom is 0.280 e. The molecule has 0 saturated heterocycles. The summed E-state index contributed by atoms with van der Waals surface area (Å²) in [6.45, 7) is 3.57.